The molecular formula is C18H25N3O3. The minimum absolute atomic E-state index is 0.139. The largest absolute Gasteiger partial charge is 0.493 e. The fourth-order valence-electron chi connectivity index (χ4n) is 3.43. The normalized spacial score (nSPS) is 18.7. The number of nitrogens with one attached hydrogen (secondary N) is 1. The van der Waals surface area contributed by atoms with Crippen LogP contribution in [-0.4, -0.2) is 42.2 Å². The summed E-state index contributed by atoms with van der Waals surface area (Å²) in [5.41, 5.74) is 0.496. The van der Waals surface area contributed by atoms with E-state index in [1.54, 1.807) is 26.4 Å². The first-order valence-electron chi connectivity index (χ1n) is 8.51. The van der Waals surface area contributed by atoms with Crippen LogP contribution in [0.15, 0.2) is 16.9 Å². The van der Waals surface area contributed by atoms with Gasteiger partial charge in [-0.1, -0.05) is 13.3 Å². The first-order chi connectivity index (χ1) is 11.6. The van der Waals surface area contributed by atoms with Crippen molar-refractivity contribution in [3.05, 3.63) is 28.3 Å². The smallest absolute Gasteiger partial charge is 0.258 e. The zero-order valence-electron chi connectivity index (χ0n) is 14.6. The van der Waals surface area contributed by atoms with Crippen LogP contribution in [0.2, 0.25) is 0 Å². The van der Waals surface area contributed by atoms with Crippen LogP contribution < -0.4 is 15.0 Å². The van der Waals surface area contributed by atoms with Gasteiger partial charge in [0, 0.05) is 12.6 Å². The highest BCUT2D eigenvalue weighted by molar-refractivity contribution is 5.81. The summed E-state index contributed by atoms with van der Waals surface area (Å²) in [6, 6.07) is 3.44. The number of H-pyrrole nitrogens is 1. The van der Waals surface area contributed by atoms with Crippen molar-refractivity contribution >= 4 is 10.9 Å². The second-order valence-electron chi connectivity index (χ2n) is 6.39. The average Bonchev–Trinajstić information content (AvgIpc) is 2.60. The highest BCUT2D eigenvalue weighted by Crippen LogP contribution is 2.30. The van der Waals surface area contributed by atoms with Crippen LogP contribution in [0.4, 0.5) is 0 Å². The number of hydrogen-bond acceptors (Lipinski definition) is 5. The van der Waals surface area contributed by atoms with Gasteiger partial charge in [-0.25, -0.2) is 4.98 Å². The Bertz CT molecular complexity index is 772. The lowest BCUT2D eigenvalue weighted by molar-refractivity contribution is 0.161. The molecule has 1 unspecified atom stereocenters. The first kappa shape index (κ1) is 16.8. The lowest BCUT2D eigenvalue weighted by Crippen LogP contribution is -2.35. The summed E-state index contributed by atoms with van der Waals surface area (Å²) in [5.74, 6) is 2.57. The quantitative estimate of drug-likeness (QED) is 0.912. The maximum Gasteiger partial charge on any atom is 0.258 e. The summed E-state index contributed by atoms with van der Waals surface area (Å²) < 4.78 is 10.6. The molecule has 24 heavy (non-hydrogen) atoms. The number of nitrogens with zero attached hydrogens (tertiary/aromatic N) is 2. The van der Waals surface area contributed by atoms with Gasteiger partial charge < -0.3 is 14.5 Å². The zero-order chi connectivity index (χ0) is 17.1. The molecule has 2 heterocycles. The van der Waals surface area contributed by atoms with Crippen LogP contribution in [0.3, 0.4) is 0 Å². The number of rotatable bonds is 5. The maximum atomic E-state index is 12.4. The highest BCUT2D eigenvalue weighted by Gasteiger charge is 2.19. The molecule has 1 aromatic heterocycles. The van der Waals surface area contributed by atoms with E-state index in [0.29, 0.717) is 34.8 Å². The standard InChI is InChI=1S/C18H25N3O3/c1-4-12-6-5-7-21(10-12)11-17-19-14-9-16(24-3)15(23-2)8-13(14)18(22)20-17/h8-9,12H,4-7,10-11H2,1-3H3,(H,19,20,22). The van der Waals surface area contributed by atoms with Gasteiger partial charge >= 0.3 is 0 Å². The second-order valence-corrected chi connectivity index (χ2v) is 6.39. The topological polar surface area (TPSA) is 67.5 Å². The fraction of sp³-hybridized carbons (Fsp3) is 0.556. The molecule has 0 aliphatic carbocycles. The molecule has 1 N–H and O–H groups in total. The maximum absolute atomic E-state index is 12.4. The van der Waals surface area contributed by atoms with E-state index in [1.165, 1.54) is 19.3 Å². The van der Waals surface area contributed by atoms with Crippen LogP contribution in [0.1, 0.15) is 32.0 Å². The molecule has 2 aromatic rings. The van der Waals surface area contributed by atoms with Gasteiger partial charge in [0.15, 0.2) is 11.5 Å². The predicted molar refractivity (Wildman–Crippen MR) is 93.8 cm³/mol. The van der Waals surface area contributed by atoms with Gasteiger partial charge in [0.25, 0.3) is 5.56 Å². The van der Waals surface area contributed by atoms with Gasteiger partial charge in [-0.15, -0.1) is 0 Å². The lowest BCUT2D eigenvalue weighted by Gasteiger charge is -2.31. The second kappa shape index (κ2) is 7.21. The monoisotopic (exact) mass is 331 g/mol. The zero-order valence-corrected chi connectivity index (χ0v) is 14.6. The summed E-state index contributed by atoms with van der Waals surface area (Å²) >= 11 is 0. The minimum atomic E-state index is -0.139. The third kappa shape index (κ3) is 3.38. The molecule has 1 aliphatic heterocycles. The van der Waals surface area contributed by atoms with Crippen molar-refractivity contribution in [2.45, 2.75) is 32.7 Å². The molecule has 1 fully saturated rings. The first-order valence-corrected chi connectivity index (χ1v) is 8.51. The van der Waals surface area contributed by atoms with Gasteiger partial charge in [0.2, 0.25) is 0 Å². The summed E-state index contributed by atoms with van der Waals surface area (Å²) in [4.78, 5) is 22.3. The average molecular weight is 331 g/mol. The van der Waals surface area contributed by atoms with Crippen LogP contribution in [-0.2, 0) is 6.54 Å². The van der Waals surface area contributed by atoms with Crippen molar-refractivity contribution in [3.63, 3.8) is 0 Å². The van der Waals surface area contributed by atoms with Crippen molar-refractivity contribution in [1.82, 2.24) is 14.9 Å². The number of likely N-dealkylation sites (tertiary alicyclic amines) is 1. The van der Waals surface area contributed by atoms with Gasteiger partial charge in [0.1, 0.15) is 5.82 Å². The van der Waals surface area contributed by atoms with E-state index in [9.17, 15) is 4.79 Å². The van der Waals surface area contributed by atoms with Gasteiger partial charge in [-0.3, -0.25) is 9.69 Å². The number of piperidine rings is 1. The molecule has 0 spiro atoms. The Morgan fingerprint density at radius 1 is 1.29 bits per heavy atom. The Morgan fingerprint density at radius 3 is 2.75 bits per heavy atom. The number of ether oxygens (including phenoxy) is 2. The van der Waals surface area contributed by atoms with E-state index in [1.807, 2.05) is 0 Å². The lowest BCUT2D eigenvalue weighted by atomic mass is 9.96. The molecule has 0 saturated carbocycles. The van der Waals surface area contributed by atoms with Crippen LogP contribution in [0, 0.1) is 5.92 Å². The fourth-order valence-corrected chi connectivity index (χ4v) is 3.43. The van der Waals surface area contributed by atoms with Gasteiger partial charge in [-0.05, 0) is 31.4 Å². The molecule has 1 aliphatic rings. The summed E-state index contributed by atoms with van der Waals surface area (Å²) in [5, 5.41) is 0.515. The Balaban J connectivity index is 1.91. The number of benzene rings is 1. The van der Waals surface area contributed by atoms with Crippen molar-refractivity contribution in [2.24, 2.45) is 5.92 Å². The Kier molecular flexibility index (Phi) is 5.04. The number of fused-ring (bicyclic) bond motifs is 1. The SMILES string of the molecule is CCC1CCCN(Cc2nc3cc(OC)c(OC)cc3c(=O)[nH]2)C1. The summed E-state index contributed by atoms with van der Waals surface area (Å²) in [7, 11) is 3.14. The van der Waals surface area contributed by atoms with Crippen molar-refractivity contribution in [3.8, 4) is 11.5 Å². The van der Waals surface area contributed by atoms with Crippen LogP contribution in [0.5, 0.6) is 11.5 Å². The van der Waals surface area contributed by atoms with Crippen molar-refractivity contribution in [2.75, 3.05) is 27.3 Å². The van der Waals surface area contributed by atoms with E-state index in [4.69, 9.17) is 9.47 Å². The van der Waals surface area contributed by atoms with E-state index in [-0.39, 0.29) is 5.56 Å². The molecule has 0 amide bonds. The molecule has 6 nitrogen and oxygen atoms in total. The Hall–Kier alpha value is -2.08. The van der Waals surface area contributed by atoms with E-state index in [2.05, 4.69) is 21.8 Å². The molecule has 1 aromatic carbocycles. The predicted octanol–water partition coefficient (Wildman–Crippen LogP) is 2.56. The number of methoxy groups -OCH3 is 2. The van der Waals surface area contributed by atoms with Crippen LogP contribution >= 0.6 is 0 Å². The minimum Gasteiger partial charge on any atom is -0.493 e. The summed E-state index contributed by atoms with van der Waals surface area (Å²) in [6.45, 7) is 5.05. The molecule has 1 saturated heterocycles. The highest BCUT2D eigenvalue weighted by atomic mass is 16.5. The van der Waals surface area contributed by atoms with Crippen LogP contribution in [0.25, 0.3) is 10.9 Å². The number of aromatic amines is 1. The number of hydrogen-bond donors (Lipinski definition) is 1. The van der Waals surface area contributed by atoms with E-state index in [0.717, 1.165) is 19.0 Å². The molecular weight excluding hydrogens is 306 g/mol. The van der Waals surface area contributed by atoms with Crippen molar-refractivity contribution < 1.29 is 9.47 Å². The number of aromatic nitrogens is 2. The molecule has 0 bridgehead atoms. The van der Waals surface area contributed by atoms with E-state index < -0.39 is 0 Å². The molecule has 6 heteroatoms. The van der Waals surface area contributed by atoms with Gasteiger partial charge in [0.05, 0.1) is 31.7 Å². The van der Waals surface area contributed by atoms with E-state index >= 15 is 0 Å². The van der Waals surface area contributed by atoms with Gasteiger partial charge in [-0.2, -0.15) is 0 Å². The third-order valence-electron chi connectivity index (χ3n) is 4.81. The van der Waals surface area contributed by atoms with Crippen molar-refractivity contribution in [1.29, 1.82) is 0 Å². The molecule has 0 radical (unpaired) electrons. The molecule has 1 atom stereocenters. The molecule has 130 valence electrons. The molecule has 3 rings (SSSR count). The Labute approximate surface area is 141 Å². The third-order valence-corrected chi connectivity index (χ3v) is 4.81. The Morgan fingerprint density at radius 2 is 2.04 bits per heavy atom. The summed E-state index contributed by atoms with van der Waals surface area (Å²) in [6.07, 6.45) is 3.71.